The molecule has 1 fully saturated rings. The van der Waals surface area contributed by atoms with E-state index in [4.69, 9.17) is 5.26 Å². The quantitative estimate of drug-likeness (QED) is 0.820. The van der Waals surface area contributed by atoms with Crippen molar-refractivity contribution in [3.8, 4) is 6.07 Å². The van der Waals surface area contributed by atoms with Crippen molar-refractivity contribution in [3.63, 3.8) is 0 Å². The molecule has 144 valence electrons. The Morgan fingerprint density at radius 1 is 1.04 bits per heavy atom. The Morgan fingerprint density at radius 2 is 1.71 bits per heavy atom. The van der Waals surface area contributed by atoms with Crippen LogP contribution in [0.1, 0.15) is 28.8 Å². The molecule has 28 heavy (non-hydrogen) atoms. The molecule has 5 nitrogen and oxygen atoms in total. The zero-order valence-electron chi connectivity index (χ0n) is 14.7. The van der Waals surface area contributed by atoms with Gasteiger partial charge in [-0.1, -0.05) is 12.1 Å². The molecule has 0 aliphatic carbocycles. The Morgan fingerprint density at radius 3 is 2.39 bits per heavy atom. The number of carbonyl (C=O) groups is 2. The zero-order chi connectivity index (χ0) is 20.3. The van der Waals surface area contributed by atoms with Gasteiger partial charge in [0.05, 0.1) is 16.8 Å². The molecule has 0 aromatic heterocycles. The average molecular weight is 387 g/mol. The molecular formula is C20H16F3N3O2. The van der Waals surface area contributed by atoms with E-state index in [-0.39, 0.29) is 24.9 Å². The number of hydrogen-bond donors (Lipinski definition) is 1. The van der Waals surface area contributed by atoms with Crippen molar-refractivity contribution in [2.45, 2.75) is 12.8 Å². The Balaban J connectivity index is 1.63. The van der Waals surface area contributed by atoms with Crippen LogP contribution in [0.5, 0.6) is 0 Å². The molecule has 1 heterocycles. The number of anilines is 1. The number of carbonyl (C=O) groups excluding carboxylic acids is 2. The molecule has 2 aromatic rings. The molecule has 3 rings (SSSR count). The Bertz CT molecular complexity index is 964. The van der Waals surface area contributed by atoms with E-state index in [1.165, 1.54) is 4.90 Å². The monoisotopic (exact) mass is 387 g/mol. The first-order chi connectivity index (χ1) is 13.4. The number of nitriles is 1. The van der Waals surface area contributed by atoms with Gasteiger partial charge in [0, 0.05) is 19.0 Å². The first kappa shape index (κ1) is 19.4. The van der Waals surface area contributed by atoms with Crippen molar-refractivity contribution >= 4 is 17.5 Å². The van der Waals surface area contributed by atoms with Crippen molar-refractivity contribution < 1.29 is 22.8 Å². The Labute approximate surface area is 159 Å². The van der Waals surface area contributed by atoms with Crippen molar-refractivity contribution in [1.82, 2.24) is 4.90 Å². The fourth-order valence-electron chi connectivity index (χ4n) is 3.13. The number of nitrogens with zero attached hydrogens (tertiary/aromatic N) is 2. The van der Waals surface area contributed by atoms with Gasteiger partial charge in [0.25, 0.3) is 5.91 Å². The highest BCUT2D eigenvalue weighted by molar-refractivity contribution is 5.96. The second-order valence-electron chi connectivity index (χ2n) is 6.44. The third kappa shape index (κ3) is 3.83. The number of benzene rings is 2. The fraction of sp³-hybridized carbons (Fsp3) is 0.250. The number of halogens is 3. The molecular weight excluding hydrogens is 371 g/mol. The number of hydrogen-bond acceptors (Lipinski definition) is 3. The maximum Gasteiger partial charge on any atom is 0.256 e. The van der Waals surface area contributed by atoms with Gasteiger partial charge in [-0.15, -0.1) is 0 Å². The minimum atomic E-state index is -1.68. The van der Waals surface area contributed by atoms with Crippen LogP contribution in [0.3, 0.4) is 0 Å². The fourth-order valence-corrected chi connectivity index (χ4v) is 3.13. The molecule has 1 saturated heterocycles. The summed E-state index contributed by atoms with van der Waals surface area (Å²) in [5.74, 6) is -5.96. The molecule has 0 atom stereocenters. The minimum Gasteiger partial charge on any atom is -0.339 e. The SMILES string of the molecule is N#Cc1ccccc1NC(=O)C1CCN(C(=O)c2ccc(F)c(F)c2F)CC1. The highest BCUT2D eigenvalue weighted by Crippen LogP contribution is 2.24. The highest BCUT2D eigenvalue weighted by Gasteiger charge is 2.30. The smallest absolute Gasteiger partial charge is 0.256 e. The number of piperidine rings is 1. The normalized spacial score (nSPS) is 14.4. The maximum absolute atomic E-state index is 13.8. The van der Waals surface area contributed by atoms with Crippen LogP contribution in [0.25, 0.3) is 0 Å². The van der Waals surface area contributed by atoms with Crippen molar-refractivity contribution in [2.75, 3.05) is 18.4 Å². The third-order valence-corrected chi connectivity index (χ3v) is 4.72. The van der Waals surface area contributed by atoms with E-state index in [9.17, 15) is 22.8 Å². The van der Waals surface area contributed by atoms with Crippen molar-refractivity contribution in [1.29, 1.82) is 5.26 Å². The summed E-state index contributed by atoms with van der Waals surface area (Å²) in [6.07, 6.45) is 0.662. The molecule has 1 aliphatic heterocycles. The lowest BCUT2D eigenvalue weighted by atomic mass is 9.95. The summed E-state index contributed by atoms with van der Waals surface area (Å²) in [5.41, 5.74) is 0.222. The standard InChI is InChI=1S/C20H16F3N3O2/c21-15-6-5-14(17(22)18(15)23)20(28)26-9-7-12(8-10-26)19(27)25-16-4-2-1-3-13(16)11-24/h1-6,12H,7-10H2,(H,25,27). The zero-order valence-corrected chi connectivity index (χ0v) is 14.7. The lowest BCUT2D eigenvalue weighted by Crippen LogP contribution is -2.41. The lowest BCUT2D eigenvalue weighted by Gasteiger charge is -2.31. The number of amides is 2. The van der Waals surface area contributed by atoms with Crippen LogP contribution in [0, 0.1) is 34.7 Å². The molecule has 8 heteroatoms. The number of nitrogens with one attached hydrogen (secondary N) is 1. The van der Waals surface area contributed by atoms with E-state index in [0.29, 0.717) is 30.2 Å². The van der Waals surface area contributed by atoms with E-state index in [0.717, 1.165) is 6.07 Å². The van der Waals surface area contributed by atoms with Gasteiger partial charge in [0.15, 0.2) is 17.5 Å². The van der Waals surface area contributed by atoms with E-state index >= 15 is 0 Å². The van der Waals surface area contributed by atoms with E-state index in [1.807, 2.05) is 6.07 Å². The number of rotatable bonds is 3. The minimum absolute atomic E-state index is 0.176. The molecule has 0 radical (unpaired) electrons. The summed E-state index contributed by atoms with van der Waals surface area (Å²) in [5, 5.41) is 11.8. The molecule has 0 unspecified atom stereocenters. The number of para-hydroxylation sites is 1. The van der Waals surface area contributed by atoms with Crippen LogP contribution in [-0.2, 0) is 4.79 Å². The van der Waals surface area contributed by atoms with Gasteiger partial charge in [-0.25, -0.2) is 13.2 Å². The highest BCUT2D eigenvalue weighted by atomic mass is 19.2. The summed E-state index contributed by atoms with van der Waals surface area (Å²) in [6.45, 7) is 0.352. The molecule has 2 amide bonds. The second-order valence-corrected chi connectivity index (χ2v) is 6.44. The first-order valence-corrected chi connectivity index (χ1v) is 8.65. The van der Waals surface area contributed by atoms with E-state index in [2.05, 4.69) is 5.32 Å². The molecule has 0 bridgehead atoms. The second kappa shape index (κ2) is 8.13. The summed E-state index contributed by atoms with van der Waals surface area (Å²) >= 11 is 0. The van der Waals surface area contributed by atoms with Crippen LogP contribution in [-0.4, -0.2) is 29.8 Å². The first-order valence-electron chi connectivity index (χ1n) is 8.65. The van der Waals surface area contributed by atoms with Crippen LogP contribution < -0.4 is 5.32 Å². The summed E-state index contributed by atoms with van der Waals surface area (Å²) in [4.78, 5) is 26.1. The number of likely N-dealkylation sites (tertiary alicyclic amines) is 1. The van der Waals surface area contributed by atoms with Gasteiger partial charge >= 0.3 is 0 Å². The topological polar surface area (TPSA) is 73.2 Å². The summed E-state index contributed by atoms with van der Waals surface area (Å²) in [7, 11) is 0. The predicted molar refractivity (Wildman–Crippen MR) is 94.7 cm³/mol. The molecule has 0 spiro atoms. The average Bonchev–Trinajstić information content (AvgIpc) is 2.72. The molecule has 1 N–H and O–H groups in total. The van der Waals surface area contributed by atoms with E-state index < -0.39 is 28.9 Å². The molecule has 0 saturated carbocycles. The van der Waals surface area contributed by atoms with Gasteiger partial charge in [0.1, 0.15) is 6.07 Å². The Hall–Kier alpha value is -3.34. The van der Waals surface area contributed by atoms with Gasteiger partial charge in [-0.3, -0.25) is 9.59 Å². The van der Waals surface area contributed by atoms with Gasteiger partial charge in [-0.05, 0) is 37.1 Å². The Kier molecular flexibility index (Phi) is 5.64. The summed E-state index contributed by atoms with van der Waals surface area (Å²) < 4.78 is 40.2. The maximum atomic E-state index is 13.8. The predicted octanol–water partition coefficient (Wildman–Crippen LogP) is 3.47. The van der Waals surface area contributed by atoms with Gasteiger partial charge in [-0.2, -0.15) is 5.26 Å². The van der Waals surface area contributed by atoms with E-state index in [1.54, 1.807) is 24.3 Å². The lowest BCUT2D eigenvalue weighted by molar-refractivity contribution is -0.121. The van der Waals surface area contributed by atoms with Gasteiger partial charge in [0.2, 0.25) is 5.91 Å². The largest absolute Gasteiger partial charge is 0.339 e. The van der Waals surface area contributed by atoms with Crippen LogP contribution in [0.4, 0.5) is 18.9 Å². The van der Waals surface area contributed by atoms with Gasteiger partial charge < -0.3 is 10.2 Å². The van der Waals surface area contributed by atoms with Crippen molar-refractivity contribution in [2.24, 2.45) is 5.92 Å². The van der Waals surface area contributed by atoms with Crippen molar-refractivity contribution in [3.05, 3.63) is 65.0 Å². The van der Waals surface area contributed by atoms with Crippen LogP contribution in [0.2, 0.25) is 0 Å². The summed E-state index contributed by atoms with van der Waals surface area (Å²) in [6, 6.07) is 10.2. The third-order valence-electron chi connectivity index (χ3n) is 4.72. The molecule has 1 aliphatic rings. The molecule has 2 aromatic carbocycles. The van der Waals surface area contributed by atoms with Crippen LogP contribution >= 0.6 is 0 Å². The van der Waals surface area contributed by atoms with Crippen LogP contribution in [0.15, 0.2) is 36.4 Å².